The van der Waals surface area contributed by atoms with Gasteiger partial charge in [-0.3, -0.25) is 4.79 Å². The van der Waals surface area contributed by atoms with Crippen LogP contribution in [-0.2, 0) is 4.79 Å². The lowest BCUT2D eigenvalue weighted by atomic mass is 9.95. The highest BCUT2D eigenvalue weighted by molar-refractivity contribution is 5.88. The quantitative estimate of drug-likeness (QED) is 0.551. The van der Waals surface area contributed by atoms with E-state index in [4.69, 9.17) is 0 Å². The molecule has 60 valence electrons. The van der Waals surface area contributed by atoms with Crippen LogP contribution in [0.15, 0.2) is 12.2 Å². The van der Waals surface area contributed by atoms with Crippen LogP contribution in [0.4, 0.5) is 0 Å². The average molecular weight is 150 g/mol. The summed E-state index contributed by atoms with van der Waals surface area (Å²) < 4.78 is 0. The Labute approximate surface area is 67.5 Å². The predicted molar refractivity (Wildman–Crippen MR) is 44.1 cm³/mol. The molecule has 0 heterocycles. The number of Topliss-reactive ketones (excluding diaryl/α,β-unsaturated/α-hetero) is 1. The molecule has 0 spiro atoms. The lowest BCUT2D eigenvalue weighted by molar-refractivity contribution is -0.122. The zero-order valence-corrected chi connectivity index (χ0v) is 6.97. The molecule has 2 aliphatic rings. The summed E-state index contributed by atoms with van der Waals surface area (Å²) in [4.78, 5) is 11.4. The second-order valence-electron chi connectivity index (χ2n) is 4.10. The molecular formula is C10H14O. The van der Waals surface area contributed by atoms with Gasteiger partial charge in [0.2, 0.25) is 0 Å². The molecule has 2 rings (SSSR count). The monoisotopic (exact) mass is 150 g/mol. The van der Waals surface area contributed by atoms with Crippen LogP contribution in [0.2, 0.25) is 0 Å². The average Bonchev–Trinajstić information content (AvgIpc) is 2.58. The fraction of sp³-hybridized carbons (Fsp3) is 0.700. The first-order chi connectivity index (χ1) is 5.18. The van der Waals surface area contributed by atoms with E-state index in [2.05, 4.69) is 6.58 Å². The van der Waals surface area contributed by atoms with E-state index in [0.717, 1.165) is 24.3 Å². The normalized spacial score (nSPS) is 40.5. The molecule has 0 aromatic heterocycles. The van der Waals surface area contributed by atoms with Gasteiger partial charge >= 0.3 is 0 Å². The van der Waals surface area contributed by atoms with E-state index in [0.29, 0.717) is 17.6 Å². The number of ketones is 1. The minimum Gasteiger partial charge on any atom is -0.299 e. The van der Waals surface area contributed by atoms with Gasteiger partial charge < -0.3 is 0 Å². The molecular weight excluding hydrogens is 136 g/mol. The third-order valence-electron chi connectivity index (χ3n) is 2.87. The Morgan fingerprint density at radius 3 is 2.82 bits per heavy atom. The Hall–Kier alpha value is -0.590. The SMILES string of the molecule is C=C(C)C[C@H]1C[C@H]2C[C@@H]2C1=O. The lowest BCUT2D eigenvalue weighted by Crippen LogP contribution is -2.10. The van der Waals surface area contributed by atoms with Crippen LogP contribution in [0.1, 0.15) is 26.2 Å². The summed E-state index contributed by atoms with van der Waals surface area (Å²) in [5.74, 6) is 2.11. The summed E-state index contributed by atoms with van der Waals surface area (Å²) in [5.41, 5.74) is 1.16. The second kappa shape index (κ2) is 2.20. The van der Waals surface area contributed by atoms with Crippen LogP contribution in [0, 0.1) is 17.8 Å². The molecule has 0 aromatic rings. The van der Waals surface area contributed by atoms with E-state index in [9.17, 15) is 4.79 Å². The molecule has 1 heteroatoms. The number of hydrogen-bond acceptors (Lipinski definition) is 1. The van der Waals surface area contributed by atoms with Gasteiger partial charge in [-0.2, -0.15) is 0 Å². The van der Waals surface area contributed by atoms with Gasteiger partial charge in [0, 0.05) is 11.8 Å². The van der Waals surface area contributed by atoms with Crippen molar-refractivity contribution in [1.29, 1.82) is 0 Å². The van der Waals surface area contributed by atoms with E-state index in [1.165, 1.54) is 6.42 Å². The molecule has 0 N–H and O–H groups in total. The van der Waals surface area contributed by atoms with Gasteiger partial charge in [-0.05, 0) is 32.1 Å². The first kappa shape index (κ1) is 7.08. The molecule has 0 unspecified atom stereocenters. The molecule has 11 heavy (non-hydrogen) atoms. The van der Waals surface area contributed by atoms with Crippen molar-refractivity contribution < 1.29 is 4.79 Å². The van der Waals surface area contributed by atoms with Gasteiger partial charge in [0.15, 0.2) is 0 Å². The molecule has 2 saturated carbocycles. The molecule has 1 nitrogen and oxygen atoms in total. The highest BCUT2D eigenvalue weighted by Crippen LogP contribution is 2.53. The number of hydrogen-bond donors (Lipinski definition) is 0. The predicted octanol–water partition coefficient (Wildman–Crippen LogP) is 2.18. The van der Waals surface area contributed by atoms with Gasteiger partial charge in [0.05, 0.1) is 0 Å². The molecule has 2 fully saturated rings. The molecule has 0 aliphatic heterocycles. The standard InChI is InChI=1S/C10H14O/c1-6(2)3-8-4-7-5-9(7)10(8)11/h7-9H,1,3-5H2,2H3/t7-,8-,9-/m0/s1. The van der Waals surface area contributed by atoms with E-state index in [1.54, 1.807) is 0 Å². The van der Waals surface area contributed by atoms with Crippen molar-refractivity contribution in [2.75, 3.05) is 0 Å². The highest BCUT2D eigenvalue weighted by atomic mass is 16.1. The van der Waals surface area contributed by atoms with Crippen molar-refractivity contribution in [1.82, 2.24) is 0 Å². The van der Waals surface area contributed by atoms with E-state index < -0.39 is 0 Å². The smallest absolute Gasteiger partial charge is 0.139 e. The van der Waals surface area contributed by atoms with Crippen LogP contribution in [-0.4, -0.2) is 5.78 Å². The third-order valence-corrected chi connectivity index (χ3v) is 2.87. The topological polar surface area (TPSA) is 17.1 Å². The molecule has 0 bridgehead atoms. The maximum atomic E-state index is 11.4. The lowest BCUT2D eigenvalue weighted by Gasteiger charge is -2.08. The summed E-state index contributed by atoms with van der Waals surface area (Å²) in [5, 5.41) is 0. The number of allylic oxidation sites excluding steroid dienone is 1. The Morgan fingerprint density at radius 2 is 2.36 bits per heavy atom. The molecule has 0 saturated heterocycles. The van der Waals surface area contributed by atoms with Gasteiger partial charge in [-0.1, -0.05) is 5.57 Å². The summed E-state index contributed by atoms with van der Waals surface area (Å²) >= 11 is 0. The third kappa shape index (κ3) is 1.13. The van der Waals surface area contributed by atoms with Crippen molar-refractivity contribution in [3.63, 3.8) is 0 Å². The van der Waals surface area contributed by atoms with Crippen molar-refractivity contribution in [3.05, 3.63) is 12.2 Å². The Bertz CT molecular complexity index is 217. The number of carbonyl (C=O) groups is 1. The molecule has 3 atom stereocenters. The summed E-state index contributed by atoms with van der Waals surface area (Å²) in [7, 11) is 0. The maximum absolute atomic E-state index is 11.4. The van der Waals surface area contributed by atoms with Crippen molar-refractivity contribution in [2.45, 2.75) is 26.2 Å². The van der Waals surface area contributed by atoms with Crippen LogP contribution < -0.4 is 0 Å². The molecule has 0 amide bonds. The van der Waals surface area contributed by atoms with Gasteiger partial charge in [0.1, 0.15) is 5.78 Å². The maximum Gasteiger partial charge on any atom is 0.139 e. The Morgan fingerprint density at radius 1 is 1.64 bits per heavy atom. The molecule has 0 radical (unpaired) electrons. The number of fused-ring (bicyclic) bond motifs is 1. The second-order valence-corrected chi connectivity index (χ2v) is 4.10. The highest BCUT2D eigenvalue weighted by Gasteiger charge is 2.52. The zero-order valence-electron chi connectivity index (χ0n) is 6.97. The van der Waals surface area contributed by atoms with Crippen LogP contribution in [0.3, 0.4) is 0 Å². The minimum atomic E-state index is 0.344. The Kier molecular flexibility index (Phi) is 1.41. The van der Waals surface area contributed by atoms with Crippen molar-refractivity contribution in [2.24, 2.45) is 17.8 Å². The fourth-order valence-corrected chi connectivity index (χ4v) is 2.25. The molecule has 0 aromatic carbocycles. The van der Waals surface area contributed by atoms with Gasteiger partial charge in [-0.15, -0.1) is 6.58 Å². The fourth-order valence-electron chi connectivity index (χ4n) is 2.25. The van der Waals surface area contributed by atoms with Crippen molar-refractivity contribution >= 4 is 5.78 Å². The van der Waals surface area contributed by atoms with E-state index >= 15 is 0 Å². The first-order valence-electron chi connectivity index (χ1n) is 4.36. The summed E-state index contributed by atoms with van der Waals surface area (Å²) in [6.45, 7) is 5.85. The summed E-state index contributed by atoms with van der Waals surface area (Å²) in [6.07, 6.45) is 3.27. The van der Waals surface area contributed by atoms with Crippen LogP contribution in [0.5, 0.6) is 0 Å². The largest absolute Gasteiger partial charge is 0.299 e. The zero-order chi connectivity index (χ0) is 8.01. The van der Waals surface area contributed by atoms with E-state index in [-0.39, 0.29) is 0 Å². The first-order valence-corrected chi connectivity index (χ1v) is 4.36. The van der Waals surface area contributed by atoms with Crippen LogP contribution in [0.25, 0.3) is 0 Å². The summed E-state index contributed by atoms with van der Waals surface area (Å²) in [6, 6.07) is 0. The van der Waals surface area contributed by atoms with Gasteiger partial charge in [0.25, 0.3) is 0 Å². The van der Waals surface area contributed by atoms with Crippen molar-refractivity contribution in [3.8, 4) is 0 Å². The van der Waals surface area contributed by atoms with E-state index in [1.807, 2.05) is 6.92 Å². The number of rotatable bonds is 2. The molecule has 2 aliphatic carbocycles. The van der Waals surface area contributed by atoms with Gasteiger partial charge in [-0.25, -0.2) is 0 Å². The van der Waals surface area contributed by atoms with Crippen LogP contribution >= 0.6 is 0 Å². The minimum absolute atomic E-state index is 0.344. The Balaban J connectivity index is 1.96. The number of carbonyl (C=O) groups excluding carboxylic acids is 1.